The minimum atomic E-state index is 0.948. The molecule has 0 aliphatic heterocycles. The lowest BCUT2D eigenvalue weighted by molar-refractivity contribution is 1.09. The summed E-state index contributed by atoms with van der Waals surface area (Å²) >= 11 is 0. The van der Waals surface area contributed by atoms with Crippen molar-refractivity contribution < 1.29 is 0 Å². The van der Waals surface area contributed by atoms with Crippen LogP contribution < -0.4 is 10.6 Å². The largest absolute Gasteiger partial charge is 0.244 e. The highest BCUT2D eigenvalue weighted by atomic mass is 14.8. The Bertz CT molecular complexity index is 405. The first-order valence-corrected chi connectivity index (χ1v) is 5.37. The molecule has 0 aliphatic rings. The number of rotatable bonds is 2. The van der Waals surface area contributed by atoms with Gasteiger partial charge < -0.3 is 0 Å². The lowest BCUT2D eigenvalue weighted by atomic mass is 10.2. The molecule has 0 aliphatic carbocycles. The molecule has 1 aromatic heterocycles. The van der Waals surface area contributed by atoms with Crippen molar-refractivity contribution in [1.82, 2.24) is 9.97 Å². The van der Waals surface area contributed by atoms with E-state index < -0.39 is 0 Å². The number of aromatic nitrogens is 2. The summed E-state index contributed by atoms with van der Waals surface area (Å²) in [4.78, 5) is 8.16. The molecule has 2 nitrogen and oxygen atoms in total. The maximum absolute atomic E-state index is 4.18. The van der Waals surface area contributed by atoms with Gasteiger partial charge in [-0.05, 0) is 19.4 Å². The quantitative estimate of drug-likeness (QED) is 0.737. The summed E-state index contributed by atoms with van der Waals surface area (Å²) in [6.07, 6.45) is 8.44. The Kier molecular flexibility index (Phi) is 7.16. The van der Waals surface area contributed by atoms with Crippen LogP contribution in [-0.4, -0.2) is 9.97 Å². The van der Waals surface area contributed by atoms with Gasteiger partial charge in [-0.15, -0.1) is 0 Å². The summed E-state index contributed by atoms with van der Waals surface area (Å²) in [5.41, 5.74) is 1.00. The molecule has 0 saturated carbocycles. The molecular formula is C13H20N2. The normalized spacial score (nSPS) is 12.0. The molecule has 82 valence electrons. The van der Waals surface area contributed by atoms with Crippen LogP contribution in [0.25, 0.3) is 12.2 Å². The Morgan fingerprint density at radius 1 is 1.47 bits per heavy atom. The summed E-state index contributed by atoms with van der Waals surface area (Å²) in [5, 5.41) is 2.03. The molecule has 0 atom stereocenters. The van der Waals surface area contributed by atoms with E-state index in [0.717, 1.165) is 22.6 Å². The topological polar surface area (TPSA) is 25.8 Å². The number of nitrogens with zero attached hydrogens (tertiary/aromatic N) is 2. The molecule has 0 unspecified atom stereocenters. The molecule has 1 heterocycles. The predicted molar refractivity (Wildman–Crippen MR) is 66.7 cm³/mol. The molecule has 0 N–H and O–H groups in total. The smallest absolute Gasteiger partial charge is 0.116 e. The van der Waals surface area contributed by atoms with E-state index >= 15 is 0 Å². The third-order valence-electron chi connectivity index (χ3n) is 1.58. The lowest BCUT2D eigenvalue weighted by Gasteiger charge is -1.89. The maximum atomic E-state index is 4.18. The fourth-order valence-corrected chi connectivity index (χ4v) is 1.08. The van der Waals surface area contributed by atoms with Crippen LogP contribution in [0.2, 0.25) is 0 Å². The predicted octanol–water partition coefficient (Wildman–Crippen LogP) is 2.05. The van der Waals surface area contributed by atoms with Gasteiger partial charge in [-0.1, -0.05) is 39.0 Å². The van der Waals surface area contributed by atoms with Crippen LogP contribution in [0, 0.1) is 0 Å². The maximum Gasteiger partial charge on any atom is 0.116 e. The second-order valence-electron chi connectivity index (χ2n) is 2.97. The molecule has 0 saturated heterocycles. The van der Waals surface area contributed by atoms with Crippen LogP contribution in [0.4, 0.5) is 0 Å². The lowest BCUT2D eigenvalue weighted by Crippen LogP contribution is -2.28. The third kappa shape index (κ3) is 5.11. The molecular weight excluding hydrogens is 184 g/mol. The van der Waals surface area contributed by atoms with E-state index in [9.17, 15) is 0 Å². The van der Waals surface area contributed by atoms with Gasteiger partial charge in [-0.25, -0.2) is 9.97 Å². The van der Waals surface area contributed by atoms with Crippen molar-refractivity contribution >= 4 is 12.2 Å². The minimum Gasteiger partial charge on any atom is -0.244 e. The highest BCUT2D eigenvalue weighted by Crippen LogP contribution is 1.84. The van der Waals surface area contributed by atoms with Crippen molar-refractivity contribution in [2.75, 3.05) is 0 Å². The van der Waals surface area contributed by atoms with Gasteiger partial charge in [0.15, 0.2) is 0 Å². The first-order chi connectivity index (χ1) is 7.24. The summed E-state index contributed by atoms with van der Waals surface area (Å²) < 4.78 is 0. The molecule has 0 amide bonds. The average molecular weight is 204 g/mol. The summed E-state index contributed by atoms with van der Waals surface area (Å²) in [6.45, 7) is 11.9. The average Bonchev–Trinajstić information content (AvgIpc) is 2.23. The van der Waals surface area contributed by atoms with E-state index in [1.54, 1.807) is 6.33 Å². The van der Waals surface area contributed by atoms with Crippen LogP contribution >= 0.6 is 0 Å². The van der Waals surface area contributed by atoms with E-state index in [1.807, 2.05) is 33.0 Å². The fraction of sp³-hybridized carbons (Fsp3) is 0.385. The molecule has 0 aromatic carbocycles. The van der Waals surface area contributed by atoms with Crippen LogP contribution in [-0.2, 0) is 0 Å². The number of hydrogen-bond donors (Lipinski definition) is 0. The van der Waals surface area contributed by atoms with Crippen molar-refractivity contribution in [3.63, 3.8) is 0 Å². The van der Waals surface area contributed by atoms with Crippen LogP contribution in [0.1, 0.15) is 34.1 Å². The number of allylic oxidation sites excluding steroid dienone is 1. The van der Waals surface area contributed by atoms with Crippen molar-refractivity contribution in [1.29, 1.82) is 0 Å². The van der Waals surface area contributed by atoms with Gasteiger partial charge in [0, 0.05) is 11.4 Å². The van der Waals surface area contributed by atoms with Crippen molar-refractivity contribution in [3.8, 4) is 0 Å². The van der Waals surface area contributed by atoms with Gasteiger partial charge in [0.2, 0.25) is 0 Å². The van der Waals surface area contributed by atoms with Crippen LogP contribution in [0.5, 0.6) is 0 Å². The summed E-state index contributed by atoms with van der Waals surface area (Å²) in [6, 6.07) is 0. The zero-order valence-electron chi connectivity index (χ0n) is 10.1. The van der Waals surface area contributed by atoms with Gasteiger partial charge in [0.25, 0.3) is 0 Å². The van der Waals surface area contributed by atoms with Crippen LogP contribution in [0.3, 0.4) is 0 Å². The summed E-state index contributed by atoms with van der Waals surface area (Å²) in [7, 11) is 0. The molecule has 1 rings (SSSR count). The molecule has 15 heavy (non-hydrogen) atoms. The number of hydrogen-bond acceptors (Lipinski definition) is 2. The van der Waals surface area contributed by atoms with E-state index in [-0.39, 0.29) is 0 Å². The van der Waals surface area contributed by atoms with E-state index in [4.69, 9.17) is 0 Å². The molecule has 2 heteroatoms. The molecule has 0 spiro atoms. The van der Waals surface area contributed by atoms with Gasteiger partial charge in [-0.3, -0.25) is 0 Å². The molecule has 0 fully saturated rings. The molecule has 0 radical (unpaired) electrons. The fourth-order valence-electron chi connectivity index (χ4n) is 1.08. The van der Waals surface area contributed by atoms with E-state index in [1.165, 1.54) is 0 Å². The third-order valence-corrected chi connectivity index (χ3v) is 1.58. The zero-order chi connectivity index (χ0) is 11.7. The Morgan fingerprint density at radius 2 is 2.13 bits per heavy atom. The van der Waals surface area contributed by atoms with E-state index in [0.29, 0.717) is 0 Å². The highest BCUT2D eigenvalue weighted by molar-refractivity contribution is 5.42. The minimum absolute atomic E-state index is 0.948. The monoisotopic (exact) mass is 204 g/mol. The second-order valence-corrected chi connectivity index (χ2v) is 2.97. The Hall–Kier alpha value is -1.44. The first-order valence-electron chi connectivity index (χ1n) is 5.37. The van der Waals surface area contributed by atoms with Crippen molar-refractivity contribution in [3.05, 3.63) is 35.2 Å². The van der Waals surface area contributed by atoms with Crippen molar-refractivity contribution in [2.45, 2.75) is 34.1 Å². The first kappa shape index (κ1) is 13.6. The molecule has 0 bridgehead atoms. The van der Waals surface area contributed by atoms with Crippen molar-refractivity contribution in [2.24, 2.45) is 0 Å². The van der Waals surface area contributed by atoms with Crippen LogP contribution in [0.15, 0.2) is 24.7 Å². The van der Waals surface area contributed by atoms with Gasteiger partial charge in [-0.2, -0.15) is 0 Å². The molecule has 1 aromatic rings. The SMILES string of the molecule is C=C(C)/C=c1/ncnc/c1=C/CC.CC. The second kappa shape index (κ2) is 7.92. The van der Waals surface area contributed by atoms with Gasteiger partial charge in [0.05, 0.1) is 5.35 Å². The van der Waals surface area contributed by atoms with E-state index in [2.05, 4.69) is 29.5 Å². The highest BCUT2D eigenvalue weighted by Gasteiger charge is 1.85. The van der Waals surface area contributed by atoms with Gasteiger partial charge >= 0.3 is 0 Å². The Morgan fingerprint density at radius 3 is 2.67 bits per heavy atom. The van der Waals surface area contributed by atoms with Gasteiger partial charge in [0.1, 0.15) is 6.33 Å². The Labute approximate surface area is 92.1 Å². The standard InChI is InChI=1S/C11H14N2.C2H6/c1-4-5-10-7-12-8-13-11(10)6-9(2)3;1-2/h5-8H,2,4H2,1,3H3;1-2H3/b10-5-,11-6+;. The summed E-state index contributed by atoms with van der Waals surface area (Å²) in [5.74, 6) is 0. The Balaban J connectivity index is 0.000000921. The zero-order valence-corrected chi connectivity index (χ0v) is 10.1.